The molecule has 28 nitrogen and oxygen atoms in total. The molecule has 10 atom stereocenters. The van der Waals surface area contributed by atoms with Gasteiger partial charge in [-0.3, -0.25) is 34.1 Å². The number of epoxide rings is 1. The number of Topliss-reactive ketones (excluding diaryl/α,β-unsaturated/α-hetero) is 1. The minimum Gasteiger partial charge on any atom is -0.496 e. The third-order valence-electron chi connectivity index (χ3n) is 16.9. The van der Waals surface area contributed by atoms with Gasteiger partial charge in [-0.2, -0.15) is 0 Å². The van der Waals surface area contributed by atoms with Crippen LogP contribution in [0.5, 0.6) is 5.75 Å². The molecule has 2 aromatic rings. The zero-order chi connectivity index (χ0) is 67.2. The van der Waals surface area contributed by atoms with Gasteiger partial charge in [-0.05, 0) is 68.2 Å². The first-order chi connectivity index (χ1) is 43.6. The lowest BCUT2D eigenvalue weighted by Gasteiger charge is -2.42. The van der Waals surface area contributed by atoms with E-state index in [1.54, 1.807) is 57.3 Å². The van der Waals surface area contributed by atoms with E-state index in [0.29, 0.717) is 39.6 Å². The highest BCUT2D eigenvalue weighted by Gasteiger charge is 2.64. The molecular weight excluding hydrogens is 1200 g/mol. The topological polar surface area (TPSA) is 333 Å². The second kappa shape index (κ2) is 31.7. The minimum absolute atomic E-state index is 0.0144. The number of hydrogen-bond acceptors (Lipinski definition) is 23. The van der Waals surface area contributed by atoms with E-state index in [9.17, 15) is 53.1 Å². The number of alkyl carbamates (subject to hydrolysis) is 1. The lowest BCUT2D eigenvalue weighted by atomic mass is 9.83. The molecule has 502 valence electrons. The van der Waals surface area contributed by atoms with Gasteiger partial charge >= 0.3 is 36.2 Å². The van der Waals surface area contributed by atoms with Crippen molar-refractivity contribution >= 4 is 71.1 Å². The molecule has 0 saturated carbocycles. The molecule has 7 rings (SSSR count). The van der Waals surface area contributed by atoms with Crippen LogP contribution in [0.3, 0.4) is 0 Å². The number of ether oxygens (including phenoxy) is 10. The number of imide groups is 1. The SMILES string of the molecule is COc1cc2cc(c1C)N(C)C(=O)C[C@H](OC(=O)[C@H](C)C(C)C(=O)CCOC(=O)N(C)CCN(C)C(=O)OCc1ccc(CC(=O)OC3/C=C/COCOC3)c(NCC(=O)ON3C(=O)CCC3=O)c1)[C@]1(C)O[C@H]1[C@H](C)[C@@H]1CC(O)(NC(=O)O1)C(OC)/C=C/C=C(\C)C2. The summed E-state index contributed by atoms with van der Waals surface area (Å²) in [5.41, 5.74) is 0.845. The maximum absolute atomic E-state index is 14.5. The van der Waals surface area contributed by atoms with Crippen molar-refractivity contribution in [2.45, 2.75) is 135 Å². The number of carbonyl (C=O) groups excluding carboxylic acids is 10. The van der Waals surface area contributed by atoms with Gasteiger partial charge < -0.3 is 77.3 Å². The van der Waals surface area contributed by atoms with E-state index < -0.39 is 126 Å². The van der Waals surface area contributed by atoms with Gasteiger partial charge in [0.25, 0.3) is 11.8 Å². The number of anilines is 2. The van der Waals surface area contributed by atoms with Crippen LogP contribution in [0.4, 0.5) is 25.8 Å². The molecule has 0 spiro atoms. The Hall–Kier alpha value is -8.44. The van der Waals surface area contributed by atoms with Crippen LogP contribution in [0.15, 0.2) is 66.3 Å². The van der Waals surface area contributed by atoms with E-state index in [-0.39, 0.29) is 90.5 Å². The molecule has 3 N–H and O–H groups in total. The zero-order valence-electron chi connectivity index (χ0n) is 53.8. The van der Waals surface area contributed by atoms with Gasteiger partial charge in [0.15, 0.2) is 5.72 Å². The molecule has 5 aliphatic rings. The Morgan fingerprint density at radius 2 is 1.60 bits per heavy atom. The lowest BCUT2D eigenvalue weighted by molar-refractivity contribution is -0.196. The van der Waals surface area contributed by atoms with Crippen molar-refractivity contribution in [1.82, 2.24) is 20.2 Å². The fraction of sp³-hybridized carbons (Fsp3) is 0.562. The summed E-state index contributed by atoms with van der Waals surface area (Å²) in [7, 11) is 7.43. The quantitative estimate of drug-likeness (QED) is 0.0490. The van der Waals surface area contributed by atoms with Crippen molar-refractivity contribution in [2.24, 2.45) is 17.8 Å². The monoisotopic (exact) mass is 1290 g/mol. The Labute approximate surface area is 533 Å². The third kappa shape index (κ3) is 18.4. The molecule has 2 aromatic carbocycles. The van der Waals surface area contributed by atoms with Crippen LogP contribution in [0.25, 0.3) is 0 Å². The molecule has 0 aliphatic carbocycles. The van der Waals surface area contributed by atoms with E-state index in [1.807, 2.05) is 32.1 Å². The average Bonchev–Trinajstić information content (AvgIpc) is 1.57. The van der Waals surface area contributed by atoms with Crippen molar-refractivity contribution in [1.29, 1.82) is 0 Å². The van der Waals surface area contributed by atoms with Gasteiger partial charge in [0.05, 0.1) is 50.9 Å². The fourth-order valence-electron chi connectivity index (χ4n) is 10.9. The predicted octanol–water partition coefficient (Wildman–Crippen LogP) is 4.92. The molecule has 4 bridgehead atoms. The van der Waals surface area contributed by atoms with E-state index in [0.717, 1.165) is 11.1 Å². The molecule has 3 saturated heterocycles. The van der Waals surface area contributed by atoms with Crippen LogP contribution in [-0.4, -0.2) is 203 Å². The average molecular weight is 1290 g/mol. The zero-order valence-corrected chi connectivity index (χ0v) is 53.8. The first kappa shape index (κ1) is 71.0. The second-order valence-electron chi connectivity index (χ2n) is 23.7. The highest BCUT2D eigenvalue weighted by molar-refractivity contribution is 6.02. The Morgan fingerprint density at radius 1 is 0.891 bits per heavy atom. The van der Waals surface area contributed by atoms with Crippen LogP contribution in [0.2, 0.25) is 0 Å². The largest absolute Gasteiger partial charge is 0.496 e. The van der Waals surface area contributed by atoms with Crippen molar-refractivity contribution < 1.29 is 105 Å². The van der Waals surface area contributed by atoms with Crippen molar-refractivity contribution in [3.8, 4) is 5.75 Å². The molecule has 92 heavy (non-hydrogen) atoms. The summed E-state index contributed by atoms with van der Waals surface area (Å²) in [5.74, 6) is -6.65. The maximum Gasteiger partial charge on any atom is 0.409 e. The molecule has 0 aromatic heterocycles. The Balaban J connectivity index is 0.925. The smallest absolute Gasteiger partial charge is 0.409 e. The standard InChI is InChI=1S/C64H84N6O22/c1-37-14-12-16-51(83-11)64(81)32-50(89-60(78)66-64)41(5)58-63(6,91-58)52(31-55(74)69(9)47-28-43(26-37)29-49(82-10)40(47)4)90-59(77)39(3)38(2)48(71)21-25-86-61(79)67(7)22-23-68(8)62(80)87-34-42-17-18-44(30-56(75)88-45-15-13-24-84-36-85-35-45)46(27-42)65-33-57(76)92-70-53(72)19-20-54(70)73/h12-18,27-29,38-39,41,45,50-52,58,65,81H,19-26,30-36H2,1-11H3,(H,66,78)/b15-13+,16-12+,37-14+/t38?,39-,41-,45?,50+,51?,52+,58+,63+,64?/m1/s1. The molecule has 5 heterocycles. The maximum atomic E-state index is 14.5. The molecule has 4 unspecified atom stereocenters. The number of esters is 2. The number of rotatable bonds is 21. The molecule has 6 amide bonds. The normalized spacial score (nSPS) is 26.1. The van der Waals surface area contributed by atoms with E-state index >= 15 is 0 Å². The van der Waals surface area contributed by atoms with Gasteiger partial charge in [-0.1, -0.05) is 62.8 Å². The summed E-state index contributed by atoms with van der Waals surface area (Å²) in [6.45, 7) is 9.43. The van der Waals surface area contributed by atoms with Crippen LogP contribution in [0, 0.1) is 24.7 Å². The number of hydroxylamine groups is 2. The number of nitrogens with one attached hydrogen (secondary N) is 2. The number of benzene rings is 2. The number of methoxy groups -OCH3 is 2. The number of hydrogen-bond donors (Lipinski definition) is 3. The number of likely N-dealkylation sites (N-methyl/N-ethyl adjacent to an activating group) is 2. The summed E-state index contributed by atoms with van der Waals surface area (Å²) < 4.78 is 56.8. The number of ketones is 1. The van der Waals surface area contributed by atoms with Crippen LogP contribution < -0.4 is 20.3 Å². The highest BCUT2D eigenvalue weighted by atomic mass is 16.7. The summed E-state index contributed by atoms with van der Waals surface area (Å²) in [6, 6.07) is 8.46. The van der Waals surface area contributed by atoms with Crippen molar-refractivity contribution in [3.63, 3.8) is 0 Å². The van der Waals surface area contributed by atoms with Gasteiger partial charge in [0.1, 0.15) is 68.1 Å². The molecule has 5 aliphatic heterocycles. The second-order valence-corrected chi connectivity index (χ2v) is 23.7. The number of aliphatic hydroxyl groups is 1. The number of allylic oxidation sites excluding steroid dienone is 3. The van der Waals surface area contributed by atoms with Crippen molar-refractivity contribution in [3.05, 3.63) is 88.5 Å². The van der Waals surface area contributed by atoms with Crippen LogP contribution in [-0.2, 0) is 100 Å². The predicted molar refractivity (Wildman–Crippen MR) is 325 cm³/mol. The number of fused-ring (bicyclic) bond motifs is 5. The summed E-state index contributed by atoms with van der Waals surface area (Å²) in [6.07, 6.45) is 0.772. The Kier molecular flexibility index (Phi) is 24.5. The van der Waals surface area contributed by atoms with Gasteiger partial charge in [0.2, 0.25) is 5.91 Å². The summed E-state index contributed by atoms with van der Waals surface area (Å²) in [4.78, 5) is 140. The van der Waals surface area contributed by atoms with Crippen LogP contribution >= 0.6 is 0 Å². The first-order valence-electron chi connectivity index (χ1n) is 30.3. The first-order valence-corrected chi connectivity index (χ1v) is 30.3. The van der Waals surface area contributed by atoms with Crippen molar-refractivity contribution in [2.75, 3.05) is 91.8 Å². The molecular formula is C64H84N6O22. The third-order valence-corrected chi connectivity index (χ3v) is 16.9. The summed E-state index contributed by atoms with van der Waals surface area (Å²) >= 11 is 0. The Bertz CT molecular complexity index is 3170. The fourth-order valence-corrected chi connectivity index (χ4v) is 10.9. The van der Waals surface area contributed by atoms with E-state index in [1.165, 1.54) is 62.9 Å². The van der Waals surface area contributed by atoms with Crippen LogP contribution in [0.1, 0.15) is 89.0 Å². The highest BCUT2D eigenvalue weighted by Crippen LogP contribution is 2.49. The van der Waals surface area contributed by atoms with Gasteiger partial charge in [0, 0.05) is 90.1 Å². The molecule has 0 radical (unpaired) electrons. The minimum atomic E-state index is -1.90. The number of carbonyl (C=O) groups is 10. The van der Waals surface area contributed by atoms with E-state index in [4.69, 9.17) is 52.2 Å². The number of amides is 6. The Morgan fingerprint density at radius 3 is 2.29 bits per heavy atom. The van der Waals surface area contributed by atoms with E-state index in [2.05, 4.69) is 10.6 Å². The summed E-state index contributed by atoms with van der Waals surface area (Å²) in [5, 5.41) is 17.7. The number of nitrogens with zero attached hydrogens (tertiary/aromatic N) is 4. The lowest BCUT2D eigenvalue weighted by Crippen LogP contribution is -2.63. The molecule has 3 fully saturated rings. The van der Waals surface area contributed by atoms with Gasteiger partial charge in [-0.15, -0.1) is 5.06 Å². The van der Waals surface area contributed by atoms with Gasteiger partial charge in [-0.25, -0.2) is 19.2 Å². The molecule has 28 heteroatoms.